The van der Waals surface area contributed by atoms with Crippen LogP contribution in [-0.4, -0.2) is 29.0 Å². The monoisotopic (exact) mass is 294 g/mol. The number of aryl methyl sites for hydroxylation is 1. The van der Waals surface area contributed by atoms with Gasteiger partial charge in [-0.25, -0.2) is 4.79 Å². The predicted molar refractivity (Wildman–Crippen MR) is 82.4 cm³/mol. The molecular formula is C16H26N2O3. The molecule has 0 unspecified atom stereocenters. The normalized spacial score (nSPS) is 11.3. The van der Waals surface area contributed by atoms with E-state index in [1.54, 1.807) is 6.92 Å². The van der Waals surface area contributed by atoms with Gasteiger partial charge in [-0.1, -0.05) is 0 Å². The van der Waals surface area contributed by atoms with Crippen molar-refractivity contribution in [2.45, 2.75) is 59.9 Å². The fraction of sp³-hybridized carbons (Fsp3) is 0.625. The maximum atomic E-state index is 11.9. The first kappa shape index (κ1) is 17.3. The third kappa shape index (κ3) is 4.92. The fourth-order valence-corrected chi connectivity index (χ4v) is 2.29. The summed E-state index contributed by atoms with van der Waals surface area (Å²) in [6.45, 7) is 11.8. The van der Waals surface area contributed by atoms with E-state index in [4.69, 9.17) is 4.74 Å². The van der Waals surface area contributed by atoms with Crippen LogP contribution in [0.15, 0.2) is 0 Å². The van der Waals surface area contributed by atoms with Gasteiger partial charge in [0.05, 0.1) is 6.61 Å². The van der Waals surface area contributed by atoms with Crippen LogP contribution in [0.2, 0.25) is 0 Å². The molecule has 1 amide bonds. The maximum Gasteiger partial charge on any atom is 0.355 e. The van der Waals surface area contributed by atoms with E-state index in [1.165, 1.54) is 0 Å². The highest BCUT2D eigenvalue weighted by Gasteiger charge is 2.19. The second-order valence-electron chi connectivity index (χ2n) is 6.25. The van der Waals surface area contributed by atoms with Gasteiger partial charge in [-0.05, 0) is 59.1 Å². The smallest absolute Gasteiger partial charge is 0.355 e. The topological polar surface area (TPSA) is 71.2 Å². The zero-order valence-electron chi connectivity index (χ0n) is 13.8. The second kappa shape index (κ2) is 6.78. The molecule has 2 N–H and O–H groups in total. The average Bonchev–Trinajstić information content (AvgIpc) is 2.61. The van der Waals surface area contributed by atoms with E-state index in [0.717, 1.165) is 16.8 Å². The summed E-state index contributed by atoms with van der Waals surface area (Å²) in [5, 5.41) is 2.94. The minimum absolute atomic E-state index is 0.0141. The van der Waals surface area contributed by atoms with Crippen LogP contribution < -0.4 is 5.32 Å². The van der Waals surface area contributed by atoms with Crippen molar-refractivity contribution in [3.05, 3.63) is 22.5 Å². The molecule has 21 heavy (non-hydrogen) atoms. The molecule has 0 bridgehead atoms. The van der Waals surface area contributed by atoms with Crippen molar-refractivity contribution in [3.63, 3.8) is 0 Å². The Labute approximate surface area is 126 Å². The van der Waals surface area contributed by atoms with E-state index in [-0.39, 0.29) is 17.4 Å². The molecule has 118 valence electrons. The Morgan fingerprint density at radius 2 is 1.86 bits per heavy atom. The molecule has 0 atom stereocenters. The van der Waals surface area contributed by atoms with Crippen molar-refractivity contribution >= 4 is 11.9 Å². The van der Waals surface area contributed by atoms with Gasteiger partial charge in [-0.2, -0.15) is 0 Å². The molecule has 0 aliphatic heterocycles. The summed E-state index contributed by atoms with van der Waals surface area (Å²) in [7, 11) is 0. The Balaban J connectivity index is 2.77. The van der Waals surface area contributed by atoms with Crippen LogP contribution in [0.1, 0.15) is 61.4 Å². The first-order valence-corrected chi connectivity index (χ1v) is 7.32. The Kier molecular flexibility index (Phi) is 5.58. The number of rotatable bonds is 5. The van der Waals surface area contributed by atoms with E-state index >= 15 is 0 Å². The van der Waals surface area contributed by atoms with Crippen LogP contribution in [-0.2, 0) is 16.0 Å². The molecule has 0 radical (unpaired) electrons. The molecule has 0 saturated carbocycles. The highest BCUT2D eigenvalue weighted by molar-refractivity contribution is 5.90. The Morgan fingerprint density at radius 1 is 1.24 bits per heavy atom. The van der Waals surface area contributed by atoms with E-state index < -0.39 is 0 Å². The lowest BCUT2D eigenvalue weighted by Crippen LogP contribution is -2.40. The van der Waals surface area contributed by atoms with Crippen LogP contribution in [0, 0.1) is 13.8 Å². The molecule has 1 rings (SSSR count). The molecule has 0 aliphatic carbocycles. The van der Waals surface area contributed by atoms with Crippen molar-refractivity contribution < 1.29 is 14.3 Å². The third-order valence-electron chi connectivity index (χ3n) is 3.19. The number of hydrogen-bond donors (Lipinski definition) is 2. The highest BCUT2D eigenvalue weighted by atomic mass is 16.5. The van der Waals surface area contributed by atoms with E-state index in [0.29, 0.717) is 25.1 Å². The molecule has 5 nitrogen and oxygen atoms in total. The minimum Gasteiger partial charge on any atom is -0.461 e. The third-order valence-corrected chi connectivity index (χ3v) is 3.19. The zero-order chi connectivity index (χ0) is 16.2. The summed E-state index contributed by atoms with van der Waals surface area (Å²) in [5.74, 6) is -0.330. The lowest BCUT2D eigenvalue weighted by Gasteiger charge is -2.20. The van der Waals surface area contributed by atoms with Gasteiger partial charge in [0.25, 0.3) is 0 Å². The summed E-state index contributed by atoms with van der Waals surface area (Å²) in [5.41, 5.74) is 3.06. The average molecular weight is 294 g/mol. The number of amides is 1. The van der Waals surface area contributed by atoms with Gasteiger partial charge in [0.1, 0.15) is 5.69 Å². The van der Waals surface area contributed by atoms with Gasteiger partial charge in [-0.3, -0.25) is 4.79 Å². The minimum atomic E-state index is -0.344. The van der Waals surface area contributed by atoms with Crippen molar-refractivity contribution in [3.8, 4) is 0 Å². The van der Waals surface area contributed by atoms with Gasteiger partial charge in [0.15, 0.2) is 0 Å². The molecular weight excluding hydrogens is 268 g/mol. The number of carbonyl (C=O) groups excluding carboxylic acids is 2. The highest BCUT2D eigenvalue weighted by Crippen LogP contribution is 2.20. The van der Waals surface area contributed by atoms with Gasteiger partial charge in [0.2, 0.25) is 5.91 Å². The number of esters is 1. The summed E-state index contributed by atoms with van der Waals surface area (Å²) in [4.78, 5) is 26.8. The largest absolute Gasteiger partial charge is 0.461 e. The first-order valence-electron chi connectivity index (χ1n) is 7.32. The number of aromatic nitrogens is 1. The van der Waals surface area contributed by atoms with Crippen LogP contribution >= 0.6 is 0 Å². The van der Waals surface area contributed by atoms with Crippen molar-refractivity contribution in [1.82, 2.24) is 10.3 Å². The standard InChI is InChI=1S/C16H26N2O3/c1-7-21-15(20)14-10(2)12(11(3)17-14)8-9-13(19)18-16(4,5)6/h17H,7-9H2,1-6H3,(H,18,19). The van der Waals surface area contributed by atoms with Gasteiger partial charge >= 0.3 is 5.97 Å². The van der Waals surface area contributed by atoms with Crippen molar-refractivity contribution in [2.24, 2.45) is 0 Å². The van der Waals surface area contributed by atoms with Crippen molar-refractivity contribution in [2.75, 3.05) is 6.61 Å². The molecule has 0 aromatic carbocycles. The van der Waals surface area contributed by atoms with Gasteiger partial charge in [0, 0.05) is 17.7 Å². The number of H-pyrrole nitrogens is 1. The number of nitrogens with one attached hydrogen (secondary N) is 2. The Hall–Kier alpha value is -1.78. The predicted octanol–water partition coefficient (Wildman–Crippen LogP) is 2.66. The summed E-state index contributed by atoms with van der Waals surface area (Å²) >= 11 is 0. The lowest BCUT2D eigenvalue weighted by atomic mass is 10.0. The molecule has 1 aromatic heterocycles. The van der Waals surface area contributed by atoms with E-state index in [9.17, 15) is 9.59 Å². The molecule has 1 aromatic rings. The molecule has 1 heterocycles. The first-order chi connectivity index (χ1) is 9.65. The molecule has 5 heteroatoms. The van der Waals surface area contributed by atoms with Crippen LogP contribution in [0.4, 0.5) is 0 Å². The summed E-state index contributed by atoms with van der Waals surface area (Å²) in [6.07, 6.45) is 1.01. The lowest BCUT2D eigenvalue weighted by molar-refractivity contribution is -0.122. The van der Waals surface area contributed by atoms with Crippen molar-refractivity contribution in [1.29, 1.82) is 0 Å². The summed E-state index contributed by atoms with van der Waals surface area (Å²) in [6, 6.07) is 0. The fourth-order valence-electron chi connectivity index (χ4n) is 2.29. The number of carbonyl (C=O) groups is 2. The van der Waals surface area contributed by atoms with E-state index in [2.05, 4.69) is 10.3 Å². The molecule has 0 saturated heterocycles. The van der Waals surface area contributed by atoms with Crippen LogP contribution in [0.25, 0.3) is 0 Å². The number of hydrogen-bond acceptors (Lipinski definition) is 3. The molecule has 0 spiro atoms. The maximum absolute atomic E-state index is 11.9. The molecule has 0 fully saturated rings. The zero-order valence-corrected chi connectivity index (χ0v) is 13.8. The summed E-state index contributed by atoms with van der Waals surface area (Å²) < 4.78 is 5.02. The SMILES string of the molecule is CCOC(=O)c1[nH]c(C)c(CCC(=O)NC(C)(C)C)c1C. The van der Waals surface area contributed by atoms with Crippen LogP contribution in [0.5, 0.6) is 0 Å². The quantitative estimate of drug-likeness (QED) is 0.820. The van der Waals surface area contributed by atoms with Crippen LogP contribution in [0.3, 0.4) is 0 Å². The second-order valence-corrected chi connectivity index (χ2v) is 6.25. The number of aromatic amines is 1. The Morgan fingerprint density at radius 3 is 2.38 bits per heavy atom. The molecule has 0 aliphatic rings. The Bertz CT molecular complexity index is 524. The van der Waals surface area contributed by atoms with Gasteiger partial charge < -0.3 is 15.0 Å². The van der Waals surface area contributed by atoms with Gasteiger partial charge in [-0.15, -0.1) is 0 Å². The number of ether oxygens (including phenoxy) is 1. The van der Waals surface area contributed by atoms with E-state index in [1.807, 2.05) is 34.6 Å².